The molecule has 2 fully saturated rings. The third kappa shape index (κ3) is 3.46. The number of likely N-dealkylation sites (tertiary alicyclic amines) is 1. The molecule has 1 saturated carbocycles. The molecule has 2 aromatic rings. The van der Waals surface area contributed by atoms with Gasteiger partial charge in [-0.05, 0) is 37.3 Å². The van der Waals surface area contributed by atoms with E-state index in [4.69, 9.17) is 9.26 Å². The van der Waals surface area contributed by atoms with Crippen molar-refractivity contribution in [1.82, 2.24) is 10.1 Å². The molecule has 3 atom stereocenters. The predicted molar refractivity (Wildman–Crippen MR) is 95.2 cm³/mol. The second-order valence-corrected chi connectivity index (χ2v) is 7.31. The number of carbonyl (C=O) groups is 2. The first-order valence-electron chi connectivity index (χ1n) is 9.43. The number of aromatic nitrogens is 1. The van der Waals surface area contributed by atoms with Crippen molar-refractivity contribution in [2.45, 2.75) is 50.8 Å². The van der Waals surface area contributed by atoms with Crippen molar-refractivity contribution >= 4 is 11.9 Å². The van der Waals surface area contributed by atoms with Gasteiger partial charge in [0.2, 0.25) is 0 Å². The van der Waals surface area contributed by atoms with Gasteiger partial charge in [-0.2, -0.15) is 0 Å². The highest BCUT2D eigenvalue weighted by atomic mass is 19.1. The Morgan fingerprint density at radius 2 is 2.07 bits per heavy atom. The molecule has 1 amide bonds. The molecule has 0 bridgehead atoms. The number of amides is 1. The molecule has 1 saturated heterocycles. The normalized spacial score (nSPS) is 24.0. The fraction of sp³-hybridized carbons (Fsp3) is 0.450. The van der Waals surface area contributed by atoms with Gasteiger partial charge in [0.25, 0.3) is 5.91 Å². The third-order valence-corrected chi connectivity index (χ3v) is 5.59. The van der Waals surface area contributed by atoms with Crippen LogP contribution >= 0.6 is 0 Å². The number of benzene rings is 1. The van der Waals surface area contributed by atoms with Gasteiger partial charge in [0.15, 0.2) is 23.0 Å². The first-order chi connectivity index (χ1) is 13.5. The number of nitrogens with zero attached hydrogens (tertiary/aromatic N) is 2. The molecule has 7 nitrogen and oxygen atoms in total. The van der Waals surface area contributed by atoms with Crippen LogP contribution in [-0.4, -0.2) is 39.1 Å². The average Bonchev–Trinajstić information content (AvgIpc) is 3.32. The molecule has 1 aliphatic heterocycles. The molecule has 3 unspecified atom stereocenters. The Kier molecular flexibility index (Phi) is 5.02. The number of hydrogen-bond donors (Lipinski definition) is 1. The van der Waals surface area contributed by atoms with Crippen LogP contribution in [0.5, 0.6) is 5.75 Å². The topological polar surface area (TPSA) is 92.9 Å². The van der Waals surface area contributed by atoms with E-state index in [1.54, 1.807) is 12.1 Å². The number of rotatable bonds is 5. The van der Waals surface area contributed by atoms with Gasteiger partial charge < -0.3 is 19.3 Å². The van der Waals surface area contributed by atoms with E-state index in [2.05, 4.69) is 5.16 Å². The van der Waals surface area contributed by atoms with Crippen LogP contribution in [0.25, 0.3) is 0 Å². The Hall–Kier alpha value is -2.90. The molecule has 8 heteroatoms. The van der Waals surface area contributed by atoms with Crippen LogP contribution in [0.3, 0.4) is 0 Å². The minimum absolute atomic E-state index is 0.0459. The standard InChI is InChI=1S/C20H21FN2O5/c21-14-6-2-4-8-18(14)27-11-13-10-15(22-28-13)19(24)23-16-7-3-1-5-12(16)9-17(23)20(25)26/h2,4,6,8,10,12,16-17H,1,3,5,7,9,11H2,(H,25,26). The monoisotopic (exact) mass is 388 g/mol. The fourth-order valence-corrected chi connectivity index (χ4v) is 4.30. The van der Waals surface area contributed by atoms with Gasteiger partial charge in [0.1, 0.15) is 12.6 Å². The first kappa shape index (κ1) is 18.5. The Morgan fingerprint density at radius 1 is 1.29 bits per heavy atom. The molecule has 1 N–H and O–H groups in total. The van der Waals surface area contributed by atoms with Crippen LogP contribution in [0.15, 0.2) is 34.9 Å². The zero-order valence-corrected chi connectivity index (χ0v) is 15.2. The summed E-state index contributed by atoms with van der Waals surface area (Å²) in [6, 6.07) is 6.49. The first-order valence-corrected chi connectivity index (χ1v) is 9.43. The lowest BCUT2D eigenvalue weighted by atomic mass is 9.84. The summed E-state index contributed by atoms with van der Waals surface area (Å²) >= 11 is 0. The van der Waals surface area contributed by atoms with Gasteiger partial charge in [-0.1, -0.05) is 30.1 Å². The van der Waals surface area contributed by atoms with Gasteiger partial charge in [-0.15, -0.1) is 0 Å². The minimum atomic E-state index is -0.991. The molecule has 0 spiro atoms. The summed E-state index contributed by atoms with van der Waals surface area (Å²) in [6.45, 7) is -0.0877. The summed E-state index contributed by atoms with van der Waals surface area (Å²) in [5.74, 6) is -1.38. The number of carboxylic acids is 1. The SMILES string of the molecule is O=C(O)C1CC2CCCCC2N1C(=O)c1cc(COc2ccccc2F)on1. The number of halogens is 1. The van der Waals surface area contributed by atoms with Crippen molar-refractivity contribution in [3.8, 4) is 5.75 Å². The molecule has 148 valence electrons. The predicted octanol–water partition coefficient (Wildman–Crippen LogP) is 3.25. The number of fused-ring (bicyclic) bond motifs is 1. The van der Waals surface area contributed by atoms with Crippen LogP contribution in [-0.2, 0) is 11.4 Å². The van der Waals surface area contributed by atoms with Crippen molar-refractivity contribution in [3.63, 3.8) is 0 Å². The van der Waals surface area contributed by atoms with Crippen molar-refractivity contribution in [3.05, 3.63) is 47.6 Å². The summed E-state index contributed by atoms with van der Waals surface area (Å²) in [6.07, 6.45) is 4.28. The largest absolute Gasteiger partial charge is 0.482 e. The maximum atomic E-state index is 13.6. The quantitative estimate of drug-likeness (QED) is 0.845. The second kappa shape index (κ2) is 7.61. The van der Waals surface area contributed by atoms with E-state index in [0.29, 0.717) is 6.42 Å². The average molecular weight is 388 g/mol. The molecular formula is C20H21FN2O5. The second-order valence-electron chi connectivity index (χ2n) is 7.31. The summed E-state index contributed by atoms with van der Waals surface area (Å²) in [4.78, 5) is 26.2. The summed E-state index contributed by atoms with van der Waals surface area (Å²) in [5.41, 5.74) is 0.0459. The van der Waals surface area contributed by atoms with Gasteiger partial charge in [-0.25, -0.2) is 9.18 Å². The zero-order chi connectivity index (χ0) is 19.7. The highest BCUT2D eigenvalue weighted by molar-refractivity contribution is 5.95. The Labute approximate surface area is 161 Å². The van der Waals surface area contributed by atoms with Crippen molar-refractivity contribution < 1.29 is 28.3 Å². The fourth-order valence-electron chi connectivity index (χ4n) is 4.30. The maximum Gasteiger partial charge on any atom is 0.326 e. The van der Waals surface area contributed by atoms with E-state index in [-0.39, 0.29) is 35.8 Å². The van der Waals surface area contributed by atoms with E-state index < -0.39 is 23.7 Å². The van der Waals surface area contributed by atoms with Crippen LogP contribution < -0.4 is 4.74 Å². The van der Waals surface area contributed by atoms with E-state index in [0.717, 1.165) is 25.7 Å². The van der Waals surface area contributed by atoms with Gasteiger partial charge in [-0.3, -0.25) is 4.79 Å². The van der Waals surface area contributed by atoms with E-state index >= 15 is 0 Å². The molecule has 1 aromatic heterocycles. The highest BCUT2D eigenvalue weighted by Gasteiger charge is 2.48. The molecule has 2 heterocycles. The lowest BCUT2D eigenvalue weighted by Crippen LogP contribution is -2.46. The molecule has 28 heavy (non-hydrogen) atoms. The Morgan fingerprint density at radius 3 is 2.86 bits per heavy atom. The van der Waals surface area contributed by atoms with Crippen molar-refractivity contribution in [1.29, 1.82) is 0 Å². The maximum absolute atomic E-state index is 13.6. The third-order valence-electron chi connectivity index (χ3n) is 5.59. The van der Waals surface area contributed by atoms with E-state index in [1.165, 1.54) is 23.1 Å². The Bertz CT molecular complexity index is 883. The summed E-state index contributed by atoms with van der Waals surface area (Å²) in [5, 5.41) is 13.4. The number of ether oxygens (including phenoxy) is 1. The van der Waals surface area contributed by atoms with Crippen LogP contribution in [0.2, 0.25) is 0 Å². The lowest BCUT2D eigenvalue weighted by Gasteiger charge is -2.32. The van der Waals surface area contributed by atoms with Gasteiger partial charge >= 0.3 is 5.97 Å². The zero-order valence-electron chi connectivity index (χ0n) is 15.2. The van der Waals surface area contributed by atoms with Gasteiger partial charge in [0, 0.05) is 12.1 Å². The number of carbonyl (C=O) groups excluding carboxylic acids is 1. The minimum Gasteiger partial charge on any atom is -0.482 e. The van der Waals surface area contributed by atoms with E-state index in [9.17, 15) is 19.1 Å². The molecule has 1 aliphatic carbocycles. The lowest BCUT2D eigenvalue weighted by molar-refractivity contribution is -0.141. The smallest absolute Gasteiger partial charge is 0.326 e. The molecule has 2 aliphatic rings. The van der Waals surface area contributed by atoms with Crippen LogP contribution in [0.4, 0.5) is 4.39 Å². The van der Waals surface area contributed by atoms with E-state index in [1.807, 2.05) is 0 Å². The van der Waals surface area contributed by atoms with Crippen molar-refractivity contribution in [2.24, 2.45) is 5.92 Å². The summed E-state index contributed by atoms with van der Waals surface area (Å²) < 4.78 is 24.1. The number of hydrogen-bond acceptors (Lipinski definition) is 5. The van der Waals surface area contributed by atoms with Crippen molar-refractivity contribution in [2.75, 3.05) is 0 Å². The highest BCUT2D eigenvalue weighted by Crippen LogP contribution is 2.40. The van der Waals surface area contributed by atoms with Crippen LogP contribution in [0.1, 0.15) is 48.4 Å². The summed E-state index contributed by atoms with van der Waals surface area (Å²) in [7, 11) is 0. The molecule has 4 rings (SSSR count). The molecular weight excluding hydrogens is 367 g/mol. The Balaban J connectivity index is 1.48. The number of aliphatic carboxylic acids is 1. The van der Waals surface area contributed by atoms with Gasteiger partial charge in [0.05, 0.1) is 0 Å². The number of carboxylic acid groups (broad SMARTS) is 1. The molecule has 1 aromatic carbocycles. The van der Waals surface area contributed by atoms with Crippen LogP contribution in [0, 0.1) is 11.7 Å². The number of para-hydroxylation sites is 1. The molecule has 0 radical (unpaired) electrons.